The van der Waals surface area contributed by atoms with E-state index in [1.807, 2.05) is 24.3 Å². The zero-order valence-corrected chi connectivity index (χ0v) is 10.7. The van der Waals surface area contributed by atoms with Crippen LogP contribution in [0.2, 0.25) is 5.02 Å². The highest BCUT2D eigenvalue weighted by molar-refractivity contribution is 6.31. The van der Waals surface area contributed by atoms with Gasteiger partial charge in [0.2, 0.25) is 0 Å². The molecule has 0 aliphatic carbocycles. The summed E-state index contributed by atoms with van der Waals surface area (Å²) in [7, 11) is 0. The number of hydrogen-bond acceptors (Lipinski definition) is 3. The molecular formula is C15H10ClNO2. The number of furan rings is 1. The van der Waals surface area contributed by atoms with Crippen LogP contribution in [-0.2, 0) is 6.42 Å². The highest BCUT2D eigenvalue weighted by Gasteiger charge is 2.15. The maximum Gasteiger partial charge on any atom is 0.171 e. The van der Waals surface area contributed by atoms with E-state index < -0.39 is 0 Å². The van der Waals surface area contributed by atoms with Crippen molar-refractivity contribution in [2.75, 3.05) is 0 Å². The van der Waals surface area contributed by atoms with Gasteiger partial charge in [-0.1, -0.05) is 29.8 Å². The maximum absolute atomic E-state index is 12.3. The van der Waals surface area contributed by atoms with E-state index in [2.05, 4.69) is 4.98 Å². The van der Waals surface area contributed by atoms with Crippen LogP contribution in [0, 0.1) is 0 Å². The summed E-state index contributed by atoms with van der Waals surface area (Å²) in [4.78, 5) is 16.2. The molecule has 0 fully saturated rings. The minimum Gasteiger partial charge on any atom is -0.464 e. The standard InChI is InChI=1S/C15H10ClNO2/c16-13-8-17-6-5-10(13)7-14(18)12-9-19-15-4-2-1-3-11(12)15/h1-6,8-9H,7H2. The summed E-state index contributed by atoms with van der Waals surface area (Å²) in [5.74, 6) is -0.0157. The molecule has 19 heavy (non-hydrogen) atoms. The van der Waals surface area contributed by atoms with Gasteiger partial charge in [0.1, 0.15) is 11.8 Å². The molecule has 0 radical (unpaired) electrons. The first-order valence-electron chi connectivity index (χ1n) is 5.83. The van der Waals surface area contributed by atoms with Crippen LogP contribution >= 0.6 is 11.6 Å². The van der Waals surface area contributed by atoms with Gasteiger partial charge in [-0.2, -0.15) is 0 Å². The summed E-state index contributed by atoms with van der Waals surface area (Å²) in [5, 5.41) is 1.33. The Kier molecular flexibility index (Phi) is 3.05. The summed E-state index contributed by atoms with van der Waals surface area (Å²) in [5.41, 5.74) is 2.07. The van der Waals surface area contributed by atoms with Crippen molar-refractivity contribution in [3.05, 3.63) is 65.1 Å². The van der Waals surface area contributed by atoms with Gasteiger partial charge >= 0.3 is 0 Å². The van der Waals surface area contributed by atoms with Gasteiger partial charge in [0, 0.05) is 24.2 Å². The first-order valence-corrected chi connectivity index (χ1v) is 6.21. The Morgan fingerprint density at radius 2 is 2.11 bits per heavy atom. The lowest BCUT2D eigenvalue weighted by atomic mass is 10.0. The average molecular weight is 272 g/mol. The molecule has 0 bridgehead atoms. The third-order valence-electron chi connectivity index (χ3n) is 2.99. The van der Waals surface area contributed by atoms with Gasteiger partial charge in [0.05, 0.1) is 10.6 Å². The number of para-hydroxylation sites is 1. The third kappa shape index (κ3) is 2.25. The highest BCUT2D eigenvalue weighted by atomic mass is 35.5. The number of fused-ring (bicyclic) bond motifs is 1. The number of aromatic nitrogens is 1. The SMILES string of the molecule is O=C(Cc1ccncc1Cl)c1coc2ccccc12. The molecule has 3 nitrogen and oxygen atoms in total. The molecule has 3 aromatic rings. The fourth-order valence-corrected chi connectivity index (χ4v) is 2.20. The molecule has 2 aromatic heterocycles. The zero-order valence-electron chi connectivity index (χ0n) is 9.97. The fourth-order valence-electron chi connectivity index (χ4n) is 2.01. The number of pyridine rings is 1. The summed E-state index contributed by atoms with van der Waals surface area (Å²) in [6.07, 6.45) is 4.91. The molecule has 0 saturated carbocycles. The summed E-state index contributed by atoms with van der Waals surface area (Å²) < 4.78 is 5.37. The number of carbonyl (C=O) groups excluding carboxylic acids is 1. The van der Waals surface area contributed by atoms with Gasteiger partial charge in [0.25, 0.3) is 0 Å². The Bertz CT molecular complexity index is 748. The van der Waals surface area contributed by atoms with E-state index in [4.69, 9.17) is 16.0 Å². The topological polar surface area (TPSA) is 43.1 Å². The van der Waals surface area contributed by atoms with Crippen molar-refractivity contribution in [3.8, 4) is 0 Å². The van der Waals surface area contributed by atoms with Gasteiger partial charge in [-0.15, -0.1) is 0 Å². The minimum absolute atomic E-state index is 0.0157. The normalized spacial score (nSPS) is 10.8. The molecule has 0 unspecified atom stereocenters. The Balaban J connectivity index is 1.95. The number of benzene rings is 1. The molecule has 0 aliphatic rings. The predicted octanol–water partition coefficient (Wildman–Crippen LogP) is 3.91. The van der Waals surface area contributed by atoms with E-state index >= 15 is 0 Å². The van der Waals surface area contributed by atoms with Crippen LogP contribution in [0.3, 0.4) is 0 Å². The maximum atomic E-state index is 12.3. The molecule has 0 aliphatic heterocycles. The van der Waals surface area contributed by atoms with Crippen molar-refractivity contribution in [3.63, 3.8) is 0 Å². The number of rotatable bonds is 3. The molecule has 4 heteroatoms. The number of Topliss-reactive ketones (excluding diaryl/α,β-unsaturated/α-hetero) is 1. The van der Waals surface area contributed by atoms with Crippen LogP contribution in [0.1, 0.15) is 15.9 Å². The molecule has 0 N–H and O–H groups in total. The van der Waals surface area contributed by atoms with Crippen LogP contribution in [0.5, 0.6) is 0 Å². The average Bonchev–Trinajstić information content (AvgIpc) is 2.85. The first-order chi connectivity index (χ1) is 9.25. The Morgan fingerprint density at radius 3 is 2.95 bits per heavy atom. The quantitative estimate of drug-likeness (QED) is 0.679. The minimum atomic E-state index is -0.0157. The van der Waals surface area contributed by atoms with E-state index in [0.717, 1.165) is 10.9 Å². The van der Waals surface area contributed by atoms with Crippen molar-refractivity contribution in [2.24, 2.45) is 0 Å². The van der Waals surface area contributed by atoms with Gasteiger partial charge in [-0.05, 0) is 17.7 Å². The Hall–Kier alpha value is -2.13. The zero-order chi connectivity index (χ0) is 13.2. The monoisotopic (exact) mass is 271 g/mol. The predicted molar refractivity (Wildman–Crippen MR) is 73.5 cm³/mol. The number of ketones is 1. The van der Waals surface area contributed by atoms with Gasteiger partial charge in [0.15, 0.2) is 5.78 Å². The van der Waals surface area contributed by atoms with Crippen LogP contribution in [0.15, 0.2) is 53.4 Å². The van der Waals surface area contributed by atoms with Crippen molar-refractivity contribution < 1.29 is 9.21 Å². The van der Waals surface area contributed by atoms with Crippen LogP contribution < -0.4 is 0 Å². The van der Waals surface area contributed by atoms with Crippen LogP contribution in [0.4, 0.5) is 0 Å². The van der Waals surface area contributed by atoms with E-state index in [9.17, 15) is 4.79 Å². The summed E-state index contributed by atoms with van der Waals surface area (Å²) in [6, 6.07) is 9.22. The van der Waals surface area contributed by atoms with E-state index in [0.29, 0.717) is 16.2 Å². The van der Waals surface area contributed by atoms with Gasteiger partial charge < -0.3 is 4.42 Å². The van der Waals surface area contributed by atoms with Gasteiger partial charge in [-0.3, -0.25) is 9.78 Å². The first kappa shape index (κ1) is 11.9. The van der Waals surface area contributed by atoms with Crippen LogP contribution in [-0.4, -0.2) is 10.8 Å². The molecule has 94 valence electrons. The van der Waals surface area contributed by atoms with Gasteiger partial charge in [-0.25, -0.2) is 0 Å². The van der Waals surface area contributed by atoms with E-state index in [-0.39, 0.29) is 12.2 Å². The lowest BCUT2D eigenvalue weighted by molar-refractivity contribution is 0.0993. The second-order valence-electron chi connectivity index (χ2n) is 4.21. The number of halogens is 1. The largest absolute Gasteiger partial charge is 0.464 e. The lowest BCUT2D eigenvalue weighted by Crippen LogP contribution is -2.03. The third-order valence-corrected chi connectivity index (χ3v) is 3.33. The second kappa shape index (κ2) is 4.86. The number of nitrogens with zero attached hydrogens (tertiary/aromatic N) is 1. The molecule has 0 atom stereocenters. The fraction of sp³-hybridized carbons (Fsp3) is 0.0667. The van der Waals surface area contributed by atoms with Crippen molar-refractivity contribution in [1.29, 1.82) is 0 Å². The molecule has 1 aromatic carbocycles. The Morgan fingerprint density at radius 1 is 1.26 bits per heavy atom. The van der Waals surface area contributed by atoms with Crippen LogP contribution in [0.25, 0.3) is 11.0 Å². The molecule has 3 rings (SSSR count). The van der Waals surface area contributed by atoms with E-state index in [1.54, 1.807) is 12.3 Å². The highest BCUT2D eigenvalue weighted by Crippen LogP contribution is 2.23. The molecular weight excluding hydrogens is 262 g/mol. The summed E-state index contributed by atoms with van der Waals surface area (Å²) in [6.45, 7) is 0. The van der Waals surface area contributed by atoms with Crippen molar-refractivity contribution in [1.82, 2.24) is 4.98 Å². The van der Waals surface area contributed by atoms with E-state index in [1.165, 1.54) is 12.5 Å². The smallest absolute Gasteiger partial charge is 0.171 e. The second-order valence-corrected chi connectivity index (χ2v) is 4.62. The molecule has 0 spiro atoms. The van der Waals surface area contributed by atoms with Crippen molar-refractivity contribution >= 4 is 28.4 Å². The molecule has 2 heterocycles. The number of carbonyl (C=O) groups is 1. The number of hydrogen-bond donors (Lipinski definition) is 0. The van der Waals surface area contributed by atoms with Crippen molar-refractivity contribution in [2.45, 2.75) is 6.42 Å². The lowest BCUT2D eigenvalue weighted by Gasteiger charge is -2.01. The summed E-state index contributed by atoms with van der Waals surface area (Å²) >= 11 is 6.01. The molecule has 0 amide bonds. The Labute approximate surface area is 114 Å². The molecule has 0 saturated heterocycles.